The molecule has 2 rings (SSSR count). The van der Waals surface area contributed by atoms with E-state index in [1.807, 2.05) is 0 Å². The Morgan fingerprint density at radius 2 is 2.05 bits per heavy atom. The first-order chi connectivity index (χ1) is 9.07. The molecule has 0 atom stereocenters. The van der Waals surface area contributed by atoms with Crippen LogP contribution in [-0.2, 0) is 0 Å². The molecule has 1 heterocycles. The van der Waals surface area contributed by atoms with Crippen molar-refractivity contribution in [3.8, 4) is 0 Å². The van der Waals surface area contributed by atoms with E-state index in [9.17, 15) is 0 Å². The van der Waals surface area contributed by atoms with Gasteiger partial charge in [0.1, 0.15) is 0 Å². The lowest BCUT2D eigenvalue weighted by Crippen LogP contribution is -2.55. The van der Waals surface area contributed by atoms with Crippen molar-refractivity contribution < 1.29 is 0 Å². The normalized spacial score (nSPS) is 31.3. The first kappa shape index (κ1) is 14.6. The van der Waals surface area contributed by atoms with Gasteiger partial charge in [-0.3, -0.25) is 4.99 Å². The minimum Gasteiger partial charge on any atom is -0.370 e. The molecule has 0 aromatic heterocycles. The molecule has 0 radical (unpaired) electrons. The third-order valence-corrected chi connectivity index (χ3v) is 4.89. The van der Waals surface area contributed by atoms with Gasteiger partial charge < -0.3 is 15.5 Å². The predicted molar refractivity (Wildman–Crippen MR) is 81.3 cm³/mol. The standard InChI is InChI=1S/C15H30N4/c1-4-5-13-6-8-15(9-7-13)12-17-14(16)19(15)11-10-18(2)3/h13H,4-12H2,1-3H3,(H2,16,17). The third kappa shape index (κ3) is 3.22. The number of aliphatic imine (C=N–C) groups is 1. The summed E-state index contributed by atoms with van der Waals surface area (Å²) in [5.41, 5.74) is 6.38. The topological polar surface area (TPSA) is 44.9 Å². The number of hydrogen-bond acceptors (Lipinski definition) is 4. The molecular formula is C15H30N4. The van der Waals surface area contributed by atoms with Gasteiger partial charge in [-0.15, -0.1) is 0 Å². The van der Waals surface area contributed by atoms with E-state index in [2.05, 4.69) is 35.8 Å². The third-order valence-electron chi connectivity index (χ3n) is 4.89. The highest BCUT2D eigenvalue weighted by molar-refractivity contribution is 5.81. The molecule has 2 aliphatic rings. The monoisotopic (exact) mass is 266 g/mol. The van der Waals surface area contributed by atoms with Gasteiger partial charge in [0.05, 0.1) is 12.1 Å². The fourth-order valence-corrected chi connectivity index (χ4v) is 3.63. The molecule has 0 saturated heterocycles. The first-order valence-electron chi connectivity index (χ1n) is 7.80. The predicted octanol–water partition coefficient (Wildman–Crippen LogP) is 1.91. The van der Waals surface area contributed by atoms with Gasteiger partial charge in [-0.2, -0.15) is 0 Å². The van der Waals surface area contributed by atoms with Crippen LogP contribution in [-0.4, -0.2) is 55.0 Å². The number of nitrogens with two attached hydrogens (primary N) is 1. The second kappa shape index (κ2) is 6.12. The summed E-state index contributed by atoms with van der Waals surface area (Å²) in [6, 6.07) is 0. The summed E-state index contributed by atoms with van der Waals surface area (Å²) in [5, 5.41) is 0. The SMILES string of the molecule is CCCC1CCC2(CC1)CN=C(N)N2CCN(C)C. The van der Waals surface area contributed by atoms with Crippen molar-refractivity contribution in [2.75, 3.05) is 33.7 Å². The second-order valence-corrected chi connectivity index (χ2v) is 6.59. The molecule has 4 heteroatoms. The maximum absolute atomic E-state index is 6.12. The van der Waals surface area contributed by atoms with E-state index in [1.165, 1.54) is 38.5 Å². The lowest BCUT2D eigenvalue weighted by Gasteiger charge is -2.44. The highest BCUT2D eigenvalue weighted by Gasteiger charge is 2.44. The van der Waals surface area contributed by atoms with Crippen molar-refractivity contribution in [2.45, 2.75) is 51.0 Å². The molecule has 0 amide bonds. The van der Waals surface area contributed by atoms with Crippen molar-refractivity contribution in [1.29, 1.82) is 0 Å². The van der Waals surface area contributed by atoms with E-state index in [-0.39, 0.29) is 5.54 Å². The van der Waals surface area contributed by atoms with Crippen molar-refractivity contribution in [3.63, 3.8) is 0 Å². The molecule has 2 N–H and O–H groups in total. The van der Waals surface area contributed by atoms with Crippen LogP contribution in [0.2, 0.25) is 0 Å². The van der Waals surface area contributed by atoms with Crippen molar-refractivity contribution >= 4 is 5.96 Å². The van der Waals surface area contributed by atoms with Crippen molar-refractivity contribution in [2.24, 2.45) is 16.6 Å². The van der Waals surface area contributed by atoms with Gasteiger partial charge in [0, 0.05) is 13.1 Å². The van der Waals surface area contributed by atoms with E-state index in [4.69, 9.17) is 5.73 Å². The van der Waals surface area contributed by atoms with Crippen LogP contribution in [0.4, 0.5) is 0 Å². The number of nitrogens with zero attached hydrogens (tertiary/aromatic N) is 3. The van der Waals surface area contributed by atoms with Crippen LogP contribution in [0, 0.1) is 5.92 Å². The molecule has 1 saturated carbocycles. The molecule has 110 valence electrons. The summed E-state index contributed by atoms with van der Waals surface area (Å²) in [6.07, 6.45) is 7.97. The zero-order valence-electron chi connectivity index (χ0n) is 12.9. The molecule has 19 heavy (non-hydrogen) atoms. The molecule has 1 aliphatic heterocycles. The minimum atomic E-state index is 0.254. The molecule has 4 nitrogen and oxygen atoms in total. The van der Waals surface area contributed by atoms with Crippen LogP contribution in [0.3, 0.4) is 0 Å². The Balaban J connectivity index is 1.95. The molecule has 0 aromatic carbocycles. The maximum Gasteiger partial charge on any atom is 0.191 e. The summed E-state index contributed by atoms with van der Waals surface area (Å²) in [4.78, 5) is 9.17. The molecule has 1 fully saturated rings. The van der Waals surface area contributed by atoms with Gasteiger partial charge in [-0.1, -0.05) is 19.8 Å². The summed E-state index contributed by atoms with van der Waals surface area (Å²) < 4.78 is 0. The van der Waals surface area contributed by atoms with Gasteiger partial charge in [0.25, 0.3) is 0 Å². The summed E-state index contributed by atoms with van der Waals surface area (Å²) in [7, 11) is 4.24. The second-order valence-electron chi connectivity index (χ2n) is 6.59. The van der Waals surface area contributed by atoms with Gasteiger partial charge in [-0.05, 0) is 45.7 Å². The number of hydrogen-bond donors (Lipinski definition) is 1. The van der Waals surface area contributed by atoms with E-state index >= 15 is 0 Å². The molecule has 0 bridgehead atoms. The van der Waals surface area contributed by atoms with Crippen LogP contribution >= 0.6 is 0 Å². The molecule has 1 aliphatic carbocycles. The van der Waals surface area contributed by atoms with E-state index in [0.717, 1.165) is 31.5 Å². The van der Waals surface area contributed by atoms with Crippen LogP contribution in [0.1, 0.15) is 45.4 Å². The molecule has 0 unspecified atom stereocenters. The Kier molecular flexibility index (Phi) is 4.71. The van der Waals surface area contributed by atoms with Crippen molar-refractivity contribution in [3.05, 3.63) is 0 Å². The zero-order chi connectivity index (χ0) is 13.9. The van der Waals surface area contributed by atoms with Crippen LogP contribution in [0.5, 0.6) is 0 Å². The van der Waals surface area contributed by atoms with E-state index in [0.29, 0.717) is 0 Å². The Morgan fingerprint density at radius 1 is 1.37 bits per heavy atom. The number of rotatable bonds is 5. The van der Waals surface area contributed by atoms with Gasteiger partial charge >= 0.3 is 0 Å². The van der Waals surface area contributed by atoms with Crippen LogP contribution in [0.25, 0.3) is 0 Å². The Morgan fingerprint density at radius 3 is 2.63 bits per heavy atom. The molecule has 1 spiro atoms. The van der Waals surface area contributed by atoms with Crippen LogP contribution in [0.15, 0.2) is 4.99 Å². The van der Waals surface area contributed by atoms with E-state index < -0.39 is 0 Å². The largest absolute Gasteiger partial charge is 0.370 e. The zero-order valence-corrected chi connectivity index (χ0v) is 12.9. The summed E-state index contributed by atoms with van der Waals surface area (Å²) in [5.74, 6) is 1.71. The highest BCUT2D eigenvalue weighted by atomic mass is 15.4. The molecule has 0 aromatic rings. The van der Waals surface area contributed by atoms with Crippen molar-refractivity contribution in [1.82, 2.24) is 9.80 Å². The fourth-order valence-electron chi connectivity index (χ4n) is 3.63. The quantitative estimate of drug-likeness (QED) is 0.827. The van der Waals surface area contributed by atoms with Gasteiger partial charge in [-0.25, -0.2) is 0 Å². The van der Waals surface area contributed by atoms with Crippen LogP contribution < -0.4 is 5.73 Å². The minimum absolute atomic E-state index is 0.254. The highest BCUT2D eigenvalue weighted by Crippen LogP contribution is 2.40. The smallest absolute Gasteiger partial charge is 0.191 e. The van der Waals surface area contributed by atoms with Gasteiger partial charge in [0.15, 0.2) is 5.96 Å². The average molecular weight is 266 g/mol. The van der Waals surface area contributed by atoms with Gasteiger partial charge in [0.2, 0.25) is 0 Å². The fraction of sp³-hybridized carbons (Fsp3) is 0.933. The Labute approximate surface area is 118 Å². The lowest BCUT2D eigenvalue weighted by atomic mass is 9.74. The average Bonchev–Trinajstić information content (AvgIpc) is 2.68. The Bertz CT molecular complexity index is 316. The number of guanidine groups is 1. The number of likely N-dealkylation sites (N-methyl/N-ethyl adjacent to an activating group) is 1. The summed E-state index contributed by atoms with van der Waals surface area (Å²) >= 11 is 0. The Hall–Kier alpha value is -0.770. The first-order valence-corrected chi connectivity index (χ1v) is 7.80. The maximum atomic E-state index is 6.12. The lowest BCUT2D eigenvalue weighted by molar-refractivity contribution is 0.107. The molecular weight excluding hydrogens is 236 g/mol. The summed E-state index contributed by atoms with van der Waals surface area (Å²) in [6.45, 7) is 5.28. The van der Waals surface area contributed by atoms with E-state index in [1.54, 1.807) is 0 Å².